The van der Waals surface area contributed by atoms with Gasteiger partial charge in [-0.25, -0.2) is 0 Å². The number of para-hydroxylation sites is 6. The second-order valence-corrected chi connectivity index (χ2v) is 32.2. The molecule has 2 aliphatic rings. The molecule has 5 heterocycles. The van der Waals surface area contributed by atoms with Gasteiger partial charge in [-0.15, -0.1) is 0 Å². The molecule has 0 radical (unpaired) electrons. The van der Waals surface area contributed by atoms with Crippen LogP contribution in [-0.4, -0.2) is 20.4 Å². The van der Waals surface area contributed by atoms with Crippen LogP contribution in [0, 0.1) is 0 Å². The third-order valence-corrected chi connectivity index (χ3v) is 21.8. The SMILES string of the molecule is CC(C)(C)c1ccc2c3ccc(C(C)(C)C)cc3n(-c3ccccc3N3c4ccc(-c5ccccc5)cc4B4c5cc(-c6ccccc6)ccc5N(c5ccccc5-n5c6cc(C(C)(C)C)ccc6c6ccc(C(C)(C)C)cc65)c5cc(-n6c7ccccc7c7ccccc76)cc3c54)c2c1. The van der Waals surface area contributed by atoms with Gasteiger partial charge in [-0.3, -0.25) is 0 Å². The maximum Gasteiger partial charge on any atom is 0.252 e. The molecule has 3 aromatic heterocycles. The predicted molar refractivity (Wildman–Crippen MR) is 429 cm³/mol. The molecule has 0 saturated heterocycles. The van der Waals surface area contributed by atoms with E-state index < -0.39 is 0 Å². The highest BCUT2D eigenvalue weighted by Gasteiger charge is 2.45. The second-order valence-electron chi connectivity index (χ2n) is 32.2. The second kappa shape index (κ2) is 22.2. The summed E-state index contributed by atoms with van der Waals surface area (Å²) in [5.41, 5.74) is 30.3. The Kier molecular flexibility index (Phi) is 13.6. The topological polar surface area (TPSA) is 21.3 Å². The molecule has 0 amide bonds. The summed E-state index contributed by atoms with van der Waals surface area (Å²) < 4.78 is 7.74. The van der Waals surface area contributed by atoms with Crippen LogP contribution >= 0.6 is 0 Å². The predicted octanol–water partition coefficient (Wildman–Crippen LogP) is 23.6. The van der Waals surface area contributed by atoms with Gasteiger partial charge in [0.15, 0.2) is 0 Å². The molecular formula is C94H82BN5. The highest BCUT2D eigenvalue weighted by atomic mass is 15.2. The molecule has 486 valence electrons. The molecule has 0 N–H and O–H groups in total. The lowest BCUT2D eigenvalue weighted by Crippen LogP contribution is -2.61. The fraction of sp³-hybridized carbons (Fsp3) is 0.170. The minimum absolute atomic E-state index is 0.0946. The molecule has 5 nitrogen and oxygen atoms in total. The summed E-state index contributed by atoms with van der Waals surface area (Å²) in [5.74, 6) is 0. The van der Waals surface area contributed by atoms with Crippen LogP contribution in [-0.2, 0) is 21.7 Å². The summed E-state index contributed by atoms with van der Waals surface area (Å²) in [6.45, 7) is 27.8. The van der Waals surface area contributed by atoms with Crippen LogP contribution in [0.25, 0.3) is 105 Å². The number of nitrogens with zero attached hydrogens (tertiary/aromatic N) is 5. The average Bonchev–Trinajstić information content (AvgIpc) is 0.719. The summed E-state index contributed by atoms with van der Waals surface area (Å²) in [7, 11) is 0. The van der Waals surface area contributed by atoms with Gasteiger partial charge in [0.25, 0.3) is 6.71 Å². The molecule has 0 spiro atoms. The van der Waals surface area contributed by atoms with Gasteiger partial charge in [0.1, 0.15) is 0 Å². The summed E-state index contributed by atoms with van der Waals surface area (Å²) >= 11 is 0. The number of benzene rings is 13. The van der Waals surface area contributed by atoms with E-state index in [0.29, 0.717) is 0 Å². The number of rotatable bonds is 7. The van der Waals surface area contributed by atoms with E-state index in [4.69, 9.17) is 0 Å². The molecule has 18 rings (SSSR count). The monoisotopic (exact) mass is 1290 g/mol. The smallest absolute Gasteiger partial charge is 0.252 e. The maximum absolute atomic E-state index is 2.66. The molecule has 16 aromatic rings. The zero-order chi connectivity index (χ0) is 68.5. The first-order chi connectivity index (χ1) is 48.2. The van der Waals surface area contributed by atoms with Crippen LogP contribution in [0.5, 0.6) is 0 Å². The Labute approximate surface area is 587 Å². The van der Waals surface area contributed by atoms with Crippen molar-refractivity contribution in [3.8, 4) is 39.3 Å². The van der Waals surface area contributed by atoms with E-state index in [1.807, 2.05) is 0 Å². The molecule has 0 aliphatic carbocycles. The number of hydrogen-bond acceptors (Lipinski definition) is 2. The van der Waals surface area contributed by atoms with Gasteiger partial charge in [-0.2, -0.15) is 0 Å². The number of aromatic nitrogens is 3. The first-order valence-corrected chi connectivity index (χ1v) is 35.7. The van der Waals surface area contributed by atoms with Crippen LogP contribution < -0.4 is 26.2 Å². The zero-order valence-corrected chi connectivity index (χ0v) is 59.4. The highest BCUT2D eigenvalue weighted by Crippen LogP contribution is 2.52. The molecule has 0 bridgehead atoms. The standard InChI is InChI=1S/C94H82BN5/c1-91(2,3)63-41-45-70-71-46-42-64(92(4,5)6)54-85(71)99(84(70)53-63)82-37-25-23-35-80(82)97-78-49-39-61(59-27-15-13-16-28-59)51-74(78)95-75-52-62(60-29-17-14-18-30-60)40-50-79(75)98(89-58-67(57-88(97)90(89)95)96-76-33-21-19-31-68(76)69-32-20-22-34-77(69)96)81-36-24-26-38-83(81)100-86-55-65(93(7,8)9)43-47-72(86)73-48-44-66(56-87(73)100)94(10,11)12/h13-58H,1-12H3. The number of fused-ring (bicyclic) bond motifs is 13. The third-order valence-electron chi connectivity index (χ3n) is 21.8. The fourth-order valence-corrected chi connectivity index (χ4v) is 16.6. The molecule has 2 aliphatic heterocycles. The molecule has 0 unspecified atom stereocenters. The largest absolute Gasteiger partial charge is 0.309 e. The first kappa shape index (κ1) is 61.3. The quantitative estimate of drug-likeness (QED) is 0.148. The number of anilines is 6. The summed E-state index contributed by atoms with van der Waals surface area (Å²) in [6.07, 6.45) is 0. The first-order valence-electron chi connectivity index (χ1n) is 35.7. The van der Waals surface area contributed by atoms with Crippen LogP contribution in [0.1, 0.15) is 105 Å². The molecule has 0 saturated carbocycles. The Morgan fingerprint density at radius 3 is 0.880 bits per heavy atom. The molecular weight excluding hydrogens is 1210 g/mol. The third kappa shape index (κ3) is 9.57. The minimum atomic E-state index is -0.227. The van der Waals surface area contributed by atoms with Crippen molar-refractivity contribution in [2.24, 2.45) is 0 Å². The van der Waals surface area contributed by atoms with Gasteiger partial charge in [0.05, 0.1) is 61.5 Å². The van der Waals surface area contributed by atoms with Gasteiger partial charge >= 0.3 is 0 Å². The number of hydrogen-bond donors (Lipinski definition) is 0. The van der Waals surface area contributed by atoms with Crippen molar-refractivity contribution in [1.82, 2.24) is 13.7 Å². The Balaban J connectivity index is 1.01. The van der Waals surface area contributed by atoms with Gasteiger partial charge in [0.2, 0.25) is 0 Å². The normalized spacial score (nSPS) is 13.3. The molecule has 0 atom stereocenters. The lowest BCUT2D eigenvalue weighted by molar-refractivity contribution is 0.590. The summed E-state index contributed by atoms with van der Waals surface area (Å²) in [6, 6.07) is 107. The highest BCUT2D eigenvalue weighted by molar-refractivity contribution is 7.00. The van der Waals surface area contributed by atoms with Gasteiger partial charge in [-0.1, -0.05) is 277 Å². The van der Waals surface area contributed by atoms with Gasteiger partial charge in [-0.05, 0) is 167 Å². The van der Waals surface area contributed by atoms with Crippen LogP contribution in [0.4, 0.5) is 34.1 Å². The van der Waals surface area contributed by atoms with E-state index in [1.165, 1.54) is 115 Å². The van der Waals surface area contributed by atoms with Gasteiger partial charge < -0.3 is 23.5 Å². The Morgan fingerprint density at radius 1 is 0.220 bits per heavy atom. The van der Waals surface area contributed by atoms with E-state index >= 15 is 0 Å². The molecule has 0 fully saturated rings. The molecule has 6 heteroatoms. The Bertz CT molecular complexity index is 5520. The van der Waals surface area contributed by atoms with Crippen LogP contribution in [0.3, 0.4) is 0 Å². The van der Waals surface area contributed by atoms with Crippen molar-refractivity contribution in [1.29, 1.82) is 0 Å². The van der Waals surface area contributed by atoms with Crippen LogP contribution in [0.2, 0.25) is 0 Å². The molecule has 13 aromatic carbocycles. The van der Waals surface area contributed by atoms with E-state index in [0.717, 1.165) is 62.2 Å². The van der Waals surface area contributed by atoms with E-state index in [9.17, 15) is 0 Å². The molecule has 100 heavy (non-hydrogen) atoms. The van der Waals surface area contributed by atoms with Crippen LogP contribution in [0.15, 0.2) is 279 Å². The van der Waals surface area contributed by atoms with E-state index in [2.05, 4.69) is 386 Å². The minimum Gasteiger partial charge on any atom is -0.309 e. The summed E-state index contributed by atoms with van der Waals surface area (Å²) in [5, 5.41) is 7.39. The Hall–Kier alpha value is -11.1. The van der Waals surface area contributed by atoms with Crippen molar-refractivity contribution in [3.05, 3.63) is 301 Å². The van der Waals surface area contributed by atoms with Crippen molar-refractivity contribution >= 4 is 123 Å². The fourth-order valence-electron chi connectivity index (χ4n) is 16.6. The Morgan fingerprint density at radius 2 is 0.530 bits per heavy atom. The lowest BCUT2D eigenvalue weighted by Gasteiger charge is -2.45. The van der Waals surface area contributed by atoms with Crippen molar-refractivity contribution in [3.63, 3.8) is 0 Å². The van der Waals surface area contributed by atoms with Crippen molar-refractivity contribution in [2.75, 3.05) is 9.80 Å². The summed E-state index contributed by atoms with van der Waals surface area (Å²) in [4.78, 5) is 5.33. The van der Waals surface area contributed by atoms with E-state index in [-0.39, 0.29) is 28.4 Å². The lowest BCUT2D eigenvalue weighted by atomic mass is 9.33. The zero-order valence-electron chi connectivity index (χ0n) is 59.4. The van der Waals surface area contributed by atoms with Crippen molar-refractivity contribution in [2.45, 2.75) is 105 Å². The maximum atomic E-state index is 2.66. The average molecular weight is 1290 g/mol. The van der Waals surface area contributed by atoms with Gasteiger partial charge in [0, 0.05) is 55.1 Å². The van der Waals surface area contributed by atoms with Crippen molar-refractivity contribution < 1.29 is 0 Å². The van der Waals surface area contributed by atoms with E-state index in [1.54, 1.807) is 0 Å².